The van der Waals surface area contributed by atoms with Gasteiger partial charge in [-0.15, -0.1) is 0 Å². The summed E-state index contributed by atoms with van der Waals surface area (Å²) in [4.78, 5) is 14.9. The standard InChI is InChI=1S/C20H23ClN2O/c1-14(17-9-5-6-10-18(17)21)23(16-11-12-16)20(24)13-19(22)15-7-3-2-4-8-15/h2-10,14,16,19H,11-13,22H2,1H3. The average molecular weight is 343 g/mol. The minimum atomic E-state index is -0.279. The second kappa shape index (κ2) is 7.37. The molecule has 2 unspecified atom stereocenters. The molecule has 2 aromatic rings. The average Bonchev–Trinajstić information content (AvgIpc) is 3.41. The highest BCUT2D eigenvalue weighted by Gasteiger charge is 2.37. The molecule has 126 valence electrons. The molecule has 0 bridgehead atoms. The summed E-state index contributed by atoms with van der Waals surface area (Å²) in [6.45, 7) is 2.05. The number of nitrogens with zero attached hydrogens (tertiary/aromatic N) is 1. The Bertz CT molecular complexity index is 700. The summed E-state index contributed by atoms with van der Waals surface area (Å²) in [6.07, 6.45) is 2.43. The molecule has 0 aromatic heterocycles. The predicted molar refractivity (Wildman–Crippen MR) is 97.7 cm³/mol. The largest absolute Gasteiger partial charge is 0.333 e. The Morgan fingerprint density at radius 3 is 2.42 bits per heavy atom. The van der Waals surface area contributed by atoms with Crippen molar-refractivity contribution in [2.24, 2.45) is 5.73 Å². The minimum absolute atomic E-state index is 0.0401. The van der Waals surface area contributed by atoms with Crippen molar-refractivity contribution >= 4 is 17.5 Å². The lowest BCUT2D eigenvalue weighted by Crippen LogP contribution is -2.37. The second-order valence-corrected chi connectivity index (χ2v) is 6.86. The zero-order chi connectivity index (χ0) is 17.1. The van der Waals surface area contributed by atoms with Crippen LogP contribution in [0.3, 0.4) is 0 Å². The molecule has 0 heterocycles. The number of benzene rings is 2. The van der Waals surface area contributed by atoms with Gasteiger partial charge >= 0.3 is 0 Å². The van der Waals surface area contributed by atoms with Gasteiger partial charge in [0.2, 0.25) is 5.91 Å². The van der Waals surface area contributed by atoms with Crippen LogP contribution in [0.15, 0.2) is 54.6 Å². The first kappa shape index (κ1) is 17.0. The molecule has 3 rings (SSSR count). The third-order valence-corrected chi connectivity index (χ3v) is 4.97. The summed E-state index contributed by atoms with van der Waals surface area (Å²) < 4.78 is 0. The van der Waals surface area contributed by atoms with Gasteiger partial charge < -0.3 is 10.6 Å². The molecular formula is C20H23ClN2O. The van der Waals surface area contributed by atoms with E-state index in [1.807, 2.05) is 66.4 Å². The summed E-state index contributed by atoms with van der Waals surface area (Å²) >= 11 is 6.33. The second-order valence-electron chi connectivity index (χ2n) is 6.45. The van der Waals surface area contributed by atoms with Crippen molar-refractivity contribution in [2.45, 2.75) is 44.3 Å². The van der Waals surface area contributed by atoms with E-state index in [1.165, 1.54) is 0 Å². The molecule has 2 aromatic carbocycles. The van der Waals surface area contributed by atoms with Crippen LogP contribution in [0.2, 0.25) is 5.02 Å². The smallest absolute Gasteiger partial charge is 0.225 e. The summed E-state index contributed by atoms with van der Waals surface area (Å²) in [5, 5.41) is 0.704. The maximum atomic E-state index is 12.9. The number of rotatable bonds is 6. The first-order valence-corrected chi connectivity index (χ1v) is 8.82. The number of hydrogen-bond donors (Lipinski definition) is 1. The molecule has 0 aliphatic heterocycles. The summed E-state index contributed by atoms with van der Waals surface area (Å²) in [5.41, 5.74) is 8.24. The van der Waals surface area contributed by atoms with Gasteiger partial charge in [-0.25, -0.2) is 0 Å². The van der Waals surface area contributed by atoms with Gasteiger partial charge in [0.25, 0.3) is 0 Å². The van der Waals surface area contributed by atoms with E-state index in [-0.39, 0.29) is 18.0 Å². The topological polar surface area (TPSA) is 46.3 Å². The molecular weight excluding hydrogens is 320 g/mol. The lowest BCUT2D eigenvalue weighted by atomic mass is 10.0. The molecule has 24 heavy (non-hydrogen) atoms. The predicted octanol–water partition coefficient (Wildman–Crippen LogP) is 4.48. The maximum absolute atomic E-state index is 12.9. The van der Waals surface area contributed by atoms with Crippen LogP contribution in [0.4, 0.5) is 0 Å². The van der Waals surface area contributed by atoms with Crippen LogP contribution >= 0.6 is 11.6 Å². The van der Waals surface area contributed by atoms with E-state index in [1.54, 1.807) is 0 Å². The Kier molecular flexibility index (Phi) is 5.22. The molecule has 1 amide bonds. The van der Waals surface area contributed by atoms with Crippen LogP contribution in [-0.2, 0) is 4.79 Å². The quantitative estimate of drug-likeness (QED) is 0.841. The summed E-state index contributed by atoms with van der Waals surface area (Å²) in [7, 11) is 0. The van der Waals surface area contributed by atoms with Crippen LogP contribution in [0.25, 0.3) is 0 Å². The van der Waals surface area contributed by atoms with Gasteiger partial charge in [-0.1, -0.05) is 60.1 Å². The molecule has 0 spiro atoms. The lowest BCUT2D eigenvalue weighted by molar-refractivity contribution is -0.134. The minimum Gasteiger partial charge on any atom is -0.333 e. The third kappa shape index (κ3) is 3.80. The Labute approximate surface area is 148 Å². The number of carbonyl (C=O) groups excluding carboxylic acids is 1. The van der Waals surface area contributed by atoms with Crippen LogP contribution < -0.4 is 5.73 Å². The highest BCUT2D eigenvalue weighted by molar-refractivity contribution is 6.31. The van der Waals surface area contributed by atoms with Crippen molar-refractivity contribution in [3.8, 4) is 0 Å². The Morgan fingerprint density at radius 2 is 1.79 bits per heavy atom. The molecule has 2 atom stereocenters. The van der Waals surface area contributed by atoms with E-state index in [9.17, 15) is 4.79 Å². The Hall–Kier alpha value is -1.84. The van der Waals surface area contributed by atoms with E-state index in [0.717, 1.165) is 24.0 Å². The summed E-state index contributed by atoms with van der Waals surface area (Å²) in [6, 6.07) is 17.5. The number of hydrogen-bond acceptors (Lipinski definition) is 2. The molecule has 3 nitrogen and oxygen atoms in total. The molecule has 0 saturated heterocycles. The van der Waals surface area contributed by atoms with E-state index >= 15 is 0 Å². The van der Waals surface area contributed by atoms with Crippen LogP contribution in [0, 0.1) is 0 Å². The van der Waals surface area contributed by atoms with Gasteiger partial charge in [-0.05, 0) is 37.0 Å². The highest BCUT2D eigenvalue weighted by Crippen LogP contribution is 2.37. The molecule has 1 aliphatic carbocycles. The fourth-order valence-electron chi connectivity index (χ4n) is 3.16. The highest BCUT2D eigenvalue weighted by atomic mass is 35.5. The third-order valence-electron chi connectivity index (χ3n) is 4.62. The van der Waals surface area contributed by atoms with Crippen molar-refractivity contribution in [3.63, 3.8) is 0 Å². The first-order chi connectivity index (χ1) is 11.6. The van der Waals surface area contributed by atoms with Gasteiger partial charge in [-0.2, -0.15) is 0 Å². The first-order valence-electron chi connectivity index (χ1n) is 8.44. The summed E-state index contributed by atoms with van der Waals surface area (Å²) in [5.74, 6) is 0.0984. The monoisotopic (exact) mass is 342 g/mol. The normalized spacial score (nSPS) is 16.5. The maximum Gasteiger partial charge on any atom is 0.225 e. The number of carbonyl (C=O) groups is 1. The van der Waals surface area contributed by atoms with E-state index in [0.29, 0.717) is 17.5 Å². The fourth-order valence-corrected chi connectivity index (χ4v) is 3.46. The van der Waals surface area contributed by atoms with Crippen molar-refractivity contribution in [1.82, 2.24) is 4.90 Å². The molecule has 1 fully saturated rings. The van der Waals surface area contributed by atoms with Crippen molar-refractivity contribution in [2.75, 3.05) is 0 Å². The zero-order valence-corrected chi connectivity index (χ0v) is 14.6. The fraction of sp³-hybridized carbons (Fsp3) is 0.350. The van der Waals surface area contributed by atoms with E-state index < -0.39 is 0 Å². The molecule has 0 radical (unpaired) electrons. The number of halogens is 1. The van der Waals surface area contributed by atoms with Crippen molar-refractivity contribution in [1.29, 1.82) is 0 Å². The number of amides is 1. The Balaban J connectivity index is 1.76. The van der Waals surface area contributed by atoms with Crippen molar-refractivity contribution in [3.05, 3.63) is 70.7 Å². The van der Waals surface area contributed by atoms with Crippen LogP contribution in [0.5, 0.6) is 0 Å². The molecule has 4 heteroatoms. The van der Waals surface area contributed by atoms with Crippen LogP contribution in [-0.4, -0.2) is 16.8 Å². The van der Waals surface area contributed by atoms with Crippen molar-refractivity contribution < 1.29 is 4.79 Å². The zero-order valence-electron chi connectivity index (χ0n) is 13.9. The van der Waals surface area contributed by atoms with Gasteiger partial charge in [0, 0.05) is 23.5 Å². The Morgan fingerprint density at radius 1 is 1.17 bits per heavy atom. The van der Waals surface area contributed by atoms with Gasteiger partial charge in [-0.3, -0.25) is 4.79 Å². The van der Waals surface area contributed by atoms with E-state index in [4.69, 9.17) is 17.3 Å². The van der Waals surface area contributed by atoms with E-state index in [2.05, 4.69) is 0 Å². The molecule has 2 N–H and O–H groups in total. The van der Waals surface area contributed by atoms with Gasteiger partial charge in [0.05, 0.1) is 6.04 Å². The van der Waals surface area contributed by atoms with Gasteiger partial charge in [0.1, 0.15) is 0 Å². The lowest BCUT2D eigenvalue weighted by Gasteiger charge is -2.31. The molecule has 1 saturated carbocycles. The number of nitrogens with two attached hydrogens (primary N) is 1. The molecule has 1 aliphatic rings. The van der Waals surface area contributed by atoms with Crippen LogP contribution in [0.1, 0.15) is 49.4 Å². The SMILES string of the molecule is CC(c1ccccc1Cl)N(C(=O)CC(N)c1ccccc1)C1CC1. The van der Waals surface area contributed by atoms with Gasteiger partial charge in [0.15, 0.2) is 0 Å².